The smallest absolute Gasteiger partial charge is 0.387 e. The molecular formula is C19H17F2NO7. The first-order chi connectivity index (χ1) is 13.8. The van der Waals surface area contributed by atoms with Crippen LogP contribution in [0.15, 0.2) is 36.4 Å². The Hall–Kier alpha value is -3.69. The highest BCUT2D eigenvalue weighted by molar-refractivity contribution is 6.09. The lowest BCUT2D eigenvalue weighted by atomic mass is 10.1. The molecule has 2 rings (SSSR count). The number of alkyl halides is 2. The van der Waals surface area contributed by atoms with E-state index in [0.29, 0.717) is 0 Å². The van der Waals surface area contributed by atoms with Gasteiger partial charge in [0.05, 0.1) is 38.1 Å². The maximum Gasteiger partial charge on any atom is 0.387 e. The molecule has 29 heavy (non-hydrogen) atoms. The molecule has 0 unspecified atom stereocenters. The van der Waals surface area contributed by atoms with Crippen LogP contribution in [0.3, 0.4) is 0 Å². The van der Waals surface area contributed by atoms with Crippen molar-refractivity contribution in [2.24, 2.45) is 0 Å². The largest absolute Gasteiger partial charge is 0.493 e. The van der Waals surface area contributed by atoms with Crippen LogP contribution in [0.5, 0.6) is 11.5 Å². The number of anilines is 1. The molecule has 0 bridgehead atoms. The molecule has 0 saturated heterocycles. The van der Waals surface area contributed by atoms with Crippen LogP contribution < -0.4 is 14.8 Å². The number of esters is 2. The number of halogens is 2. The maximum absolute atomic E-state index is 12.6. The zero-order valence-corrected chi connectivity index (χ0v) is 15.7. The highest BCUT2D eigenvalue weighted by atomic mass is 19.3. The summed E-state index contributed by atoms with van der Waals surface area (Å²) in [7, 11) is 3.59. The number of rotatable bonds is 7. The Morgan fingerprint density at radius 1 is 0.862 bits per heavy atom. The molecule has 8 nitrogen and oxygen atoms in total. The number of benzene rings is 2. The Labute approximate surface area is 164 Å². The minimum absolute atomic E-state index is 0.00443. The van der Waals surface area contributed by atoms with E-state index in [0.717, 1.165) is 13.2 Å². The molecule has 0 saturated carbocycles. The van der Waals surface area contributed by atoms with E-state index in [-0.39, 0.29) is 33.9 Å². The van der Waals surface area contributed by atoms with E-state index in [9.17, 15) is 23.2 Å². The van der Waals surface area contributed by atoms with Crippen LogP contribution in [-0.4, -0.2) is 45.8 Å². The van der Waals surface area contributed by atoms with Gasteiger partial charge in [-0.2, -0.15) is 8.78 Å². The van der Waals surface area contributed by atoms with Crippen molar-refractivity contribution < 1.29 is 42.1 Å². The van der Waals surface area contributed by atoms with Crippen molar-refractivity contribution >= 4 is 23.5 Å². The van der Waals surface area contributed by atoms with Gasteiger partial charge in [-0.15, -0.1) is 0 Å². The molecule has 0 heterocycles. The summed E-state index contributed by atoms with van der Waals surface area (Å²) in [5, 5.41) is 2.45. The van der Waals surface area contributed by atoms with Gasteiger partial charge < -0.3 is 24.3 Å². The first kappa shape index (κ1) is 21.6. The monoisotopic (exact) mass is 409 g/mol. The van der Waals surface area contributed by atoms with Crippen LogP contribution in [0, 0.1) is 0 Å². The number of ether oxygens (including phenoxy) is 4. The van der Waals surface area contributed by atoms with Crippen molar-refractivity contribution in [1.82, 2.24) is 0 Å². The molecule has 0 aliphatic carbocycles. The molecule has 154 valence electrons. The van der Waals surface area contributed by atoms with Crippen LogP contribution in [-0.2, 0) is 9.47 Å². The predicted molar refractivity (Wildman–Crippen MR) is 96.7 cm³/mol. The fraction of sp³-hybridized carbons (Fsp3) is 0.211. The van der Waals surface area contributed by atoms with Crippen LogP contribution in [0.1, 0.15) is 31.1 Å². The molecule has 2 aromatic rings. The summed E-state index contributed by atoms with van der Waals surface area (Å²) < 4.78 is 43.7. The second-order valence-corrected chi connectivity index (χ2v) is 5.44. The van der Waals surface area contributed by atoms with Gasteiger partial charge >= 0.3 is 18.6 Å². The maximum atomic E-state index is 12.6. The van der Waals surface area contributed by atoms with Crippen LogP contribution >= 0.6 is 0 Å². The summed E-state index contributed by atoms with van der Waals surface area (Å²) in [5.41, 5.74) is -0.0318. The van der Waals surface area contributed by atoms with Gasteiger partial charge in [-0.1, -0.05) is 0 Å². The van der Waals surface area contributed by atoms with Gasteiger partial charge in [-0.05, 0) is 36.4 Å². The van der Waals surface area contributed by atoms with Crippen molar-refractivity contribution in [3.05, 3.63) is 53.1 Å². The second-order valence-electron chi connectivity index (χ2n) is 5.44. The molecule has 10 heteroatoms. The summed E-state index contributed by atoms with van der Waals surface area (Å²) in [4.78, 5) is 36.3. The summed E-state index contributed by atoms with van der Waals surface area (Å²) in [6, 6.07) is 7.49. The zero-order valence-electron chi connectivity index (χ0n) is 15.7. The van der Waals surface area contributed by atoms with Crippen molar-refractivity contribution in [3.8, 4) is 11.5 Å². The lowest BCUT2D eigenvalue weighted by Gasteiger charge is -2.13. The van der Waals surface area contributed by atoms with Gasteiger partial charge in [0.15, 0.2) is 11.5 Å². The molecule has 2 aromatic carbocycles. The molecule has 0 aliphatic rings. The van der Waals surface area contributed by atoms with E-state index in [2.05, 4.69) is 19.5 Å². The Kier molecular flexibility index (Phi) is 7.07. The average molecular weight is 409 g/mol. The summed E-state index contributed by atoms with van der Waals surface area (Å²) in [6.45, 7) is -3.12. The predicted octanol–water partition coefficient (Wildman–Crippen LogP) is 3.12. The topological polar surface area (TPSA) is 100 Å². The minimum Gasteiger partial charge on any atom is -0.493 e. The molecule has 1 N–H and O–H groups in total. The van der Waals surface area contributed by atoms with Gasteiger partial charge in [0, 0.05) is 5.56 Å². The second kappa shape index (κ2) is 9.49. The number of nitrogens with one attached hydrogen (secondary N) is 1. The fourth-order valence-electron chi connectivity index (χ4n) is 2.38. The lowest BCUT2D eigenvalue weighted by molar-refractivity contribution is -0.0512. The van der Waals surface area contributed by atoms with E-state index in [1.165, 1.54) is 44.6 Å². The first-order valence-electron chi connectivity index (χ1n) is 8.05. The lowest BCUT2D eigenvalue weighted by Crippen LogP contribution is -2.17. The zero-order chi connectivity index (χ0) is 21.6. The Morgan fingerprint density at radius 3 is 2.10 bits per heavy atom. The third-order valence-electron chi connectivity index (χ3n) is 3.74. The number of carbonyl (C=O) groups excluding carboxylic acids is 3. The van der Waals surface area contributed by atoms with Crippen molar-refractivity contribution in [3.63, 3.8) is 0 Å². The summed E-state index contributed by atoms with van der Waals surface area (Å²) >= 11 is 0. The SMILES string of the molecule is COC(=O)c1ccc(C(=O)OC)c(NC(=O)c2ccc(OC)c(OC(F)F)c2)c1. The first-order valence-corrected chi connectivity index (χ1v) is 8.05. The number of hydrogen-bond donors (Lipinski definition) is 1. The van der Waals surface area contributed by atoms with Crippen molar-refractivity contribution in [2.75, 3.05) is 26.6 Å². The number of carbonyl (C=O) groups is 3. The molecular weight excluding hydrogens is 392 g/mol. The highest BCUT2D eigenvalue weighted by Gasteiger charge is 2.19. The average Bonchev–Trinajstić information content (AvgIpc) is 2.71. The number of amides is 1. The summed E-state index contributed by atoms with van der Waals surface area (Å²) in [5.74, 6) is -2.53. The third kappa shape index (κ3) is 5.18. The van der Waals surface area contributed by atoms with Gasteiger partial charge in [-0.25, -0.2) is 9.59 Å². The quantitative estimate of drug-likeness (QED) is 0.702. The normalized spacial score (nSPS) is 10.3. The Balaban J connectivity index is 2.40. The summed E-state index contributed by atoms with van der Waals surface area (Å²) in [6.07, 6.45) is 0. The number of hydrogen-bond acceptors (Lipinski definition) is 7. The number of methoxy groups -OCH3 is 3. The van der Waals surface area contributed by atoms with Gasteiger partial charge in [-0.3, -0.25) is 4.79 Å². The van der Waals surface area contributed by atoms with Gasteiger partial charge in [0.2, 0.25) is 0 Å². The minimum atomic E-state index is -3.12. The molecule has 0 radical (unpaired) electrons. The van der Waals surface area contributed by atoms with Crippen LogP contribution in [0.4, 0.5) is 14.5 Å². The fourth-order valence-corrected chi connectivity index (χ4v) is 2.38. The van der Waals surface area contributed by atoms with E-state index in [1.54, 1.807) is 0 Å². The Bertz CT molecular complexity index is 931. The molecule has 0 fully saturated rings. The van der Waals surface area contributed by atoms with Gasteiger partial charge in [0.25, 0.3) is 5.91 Å². The molecule has 0 atom stereocenters. The van der Waals surface area contributed by atoms with E-state index >= 15 is 0 Å². The van der Waals surface area contributed by atoms with E-state index in [4.69, 9.17) is 4.74 Å². The molecule has 1 amide bonds. The third-order valence-corrected chi connectivity index (χ3v) is 3.74. The van der Waals surface area contributed by atoms with Crippen LogP contribution in [0.25, 0.3) is 0 Å². The van der Waals surface area contributed by atoms with Crippen LogP contribution in [0.2, 0.25) is 0 Å². The Morgan fingerprint density at radius 2 is 1.52 bits per heavy atom. The van der Waals surface area contributed by atoms with E-state index < -0.39 is 24.5 Å². The standard InChI is InChI=1S/C19H17F2NO7/c1-26-14-7-5-10(9-15(14)29-19(20)21)16(23)22-13-8-11(17(24)27-2)4-6-12(13)18(25)28-3/h4-9,19H,1-3H3,(H,22,23). The van der Waals surface area contributed by atoms with Crippen molar-refractivity contribution in [2.45, 2.75) is 6.61 Å². The highest BCUT2D eigenvalue weighted by Crippen LogP contribution is 2.30. The molecule has 0 spiro atoms. The van der Waals surface area contributed by atoms with Gasteiger partial charge in [0.1, 0.15) is 0 Å². The van der Waals surface area contributed by atoms with E-state index in [1.807, 2.05) is 0 Å². The van der Waals surface area contributed by atoms with Crippen molar-refractivity contribution in [1.29, 1.82) is 0 Å². The molecule has 0 aromatic heterocycles. The molecule has 0 aliphatic heterocycles.